The van der Waals surface area contributed by atoms with Crippen molar-refractivity contribution in [3.8, 4) is 16.5 Å². The minimum atomic E-state index is 0.0842. The van der Waals surface area contributed by atoms with E-state index in [1.54, 1.807) is 28.4 Å². The van der Waals surface area contributed by atoms with E-state index < -0.39 is 0 Å². The molecule has 2 fully saturated rings. The molecule has 4 heterocycles. The van der Waals surface area contributed by atoms with Crippen LogP contribution in [0.25, 0.3) is 16.5 Å². The van der Waals surface area contributed by atoms with Gasteiger partial charge in [0.15, 0.2) is 0 Å². The average Bonchev–Trinajstić information content (AvgIpc) is 3.28. The van der Waals surface area contributed by atoms with Crippen LogP contribution in [0.4, 0.5) is 0 Å². The van der Waals surface area contributed by atoms with Crippen molar-refractivity contribution in [3.05, 3.63) is 47.2 Å². The van der Waals surface area contributed by atoms with Gasteiger partial charge in [0.25, 0.3) is 11.9 Å². The Morgan fingerprint density at radius 3 is 2.63 bits per heavy atom. The quantitative estimate of drug-likeness (QED) is 0.630. The highest BCUT2D eigenvalue weighted by Gasteiger charge is 2.35. The first-order chi connectivity index (χ1) is 14.6. The standard InChI is InChI=1S/C22H26N6OS/c1-15(2)26-9-11-27(12-10-26)21(29)17-14-24-28(20(17)16-5-6-16)22-23-8-7-18(25-22)19-4-3-13-30-19/h3-4,7-8,13-16H,5-6,9-12H2,1-2H3. The fourth-order valence-electron chi connectivity index (χ4n) is 4.06. The lowest BCUT2D eigenvalue weighted by Gasteiger charge is -2.36. The number of hydrogen-bond donors (Lipinski definition) is 0. The monoisotopic (exact) mass is 422 g/mol. The van der Waals surface area contributed by atoms with Crippen molar-refractivity contribution < 1.29 is 4.79 Å². The molecular weight excluding hydrogens is 396 g/mol. The summed E-state index contributed by atoms with van der Waals surface area (Å²) in [5.74, 6) is 0.977. The van der Waals surface area contributed by atoms with Gasteiger partial charge in [-0.15, -0.1) is 11.3 Å². The number of carbonyl (C=O) groups excluding carboxylic acids is 1. The molecule has 1 saturated heterocycles. The largest absolute Gasteiger partial charge is 0.336 e. The topological polar surface area (TPSA) is 67.2 Å². The Kier molecular flexibility index (Phi) is 5.12. The maximum absolute atomic E-state index is 13.3. The van der Waals surface area contributed by atoms with Crippen LogP contribution in [0.3, 0.4) is 0 Å². The lowest BCUT2D eigenvalue weighted by atomic mass is 10.1. The van der Waals surface area contributed by atoms with Crippen LogP contribution < -0.4 is 0 Å². The van der Waals surface area contributed by atoms with Crippen molar-refractivity contribution in [1.82, 2.24) is 29.5 Å². The third-order valence-corrected chi connectivity index (χ3v) is 6.83. The summed E-state index contributed by atoms with van der Waals surface area (Å²) in [5.41, 5.74) is 2.56. The van der Waals surface area contributed by atoms with E-state index in [9.17, 15) is 4.79 Å². The van der Waals surface area contributed by atoms with Gasteiger partial charge in [-0.25, -0.2) is 14.6 Å². The van der Waals surface area contributed by atoms with Gasteiger partial charge in [0, 0.05) is 44.3 Å². The summed E-state index contributed by atoms with van der Waals surface area (Å²) in [6.45, 7) is 7.77. The lowest BCUT2D eigenvalue weighted by Crippen LogP contribution is -2.50. The molecule has 0 spiro atoms. The van der Waals surface area contributed by atoms with E-state index in [4.69, 9.17) is 4.98 Å². The summed E-state index contributed by atoms with van der Waals surface area (Å²) in [6, 6.07) is 6.49. The van der Waals surface area contributed by atoms with Crippen LogP contribution in [0.5, 0.6) is 0 Å². The van der Waals surface area contributed by atoms with E-state index in [1.165, 1.54) is 0 Å². The predicted octanol–water partition coefficient (Wildman–Crippen LogP) is 3.43. The molecular formula is C22H26N6OS. The molecule has 0 unspecified atom stereocenters. The molecule has 1 aliphatic carbocycles. The molecule has 30 heavy (non-hydrogen) atoms. The number of carbonyl (C=O) groups is 1. The highest BCUT2D eigenvalue weighted by molar-refractivity contribution is 7.13. The van der Waals surface area contributed by atoms with Gasteiger partial charge in [0.1, 0.15) is 0 Å². The Hall–Kier alpha value is -2.58. The van der Waals surface area contributed by atoms with Gasteiger partial charge in [0.05, 0.1) is 28.0 Å². The second-order valence-corrected chi connectivity index (χ2v) is 9.22. The molecule has 0 bridgehead atoms. The normalized spacial score (nSPS) is 17.6. The first-order valence-electron chi connectivity index (χ1n) is 10.6. The molecule has 5 rings (SSSR count). The fraction of sp³-hybridized carbons (Fsp3) is 0.455. The molecule has 0 aromatic carbocycles. The highest BCUT2D eigenvalue weighted by Crippen LogP contribution is 2.42. The van der Waals surface area contributed by atoms with Crippen molar-refractivity contribution in [2.75, 3.05) is 26.2 Å². The van der Waals surface area contributed by atoms with Crippen molar-refractivity contribution in [3.63, 3.8) is 0 Å². The van der Waals surface area contributed by atoms with E-state index >= 15 is 0 Å². The Labute approximate surface area is 180 Å². The first-order valence-corrected chi connectivity index (χ1v) is 11.5. The molecule has 1 saturated carbocycles. The van der Waals surface area contributed by atoms with Crippen LogP contribution in [0, 0.1) is 0 Å². The van der Waals surface area contributed by atoms with E-state index in [0.29, 0.717) is 23.5 Å². The van der Waals surface area contributed by atoms with Crippen LogP contribution >= 0.6 is 11.3 Å². The smallest absolute Gasteiger partial charge is 0.257 e. The van der Waals surface area contributed by atoms with Gasteiger partial charge in [-0.1, -0.05) is 6.07 Å². The zero-order valence-corrected chi connectivity index (χ0v) is 18.2. The van der Waals surface area contributed by atoms with E-state index in [1.807, 2.05) is 28.5 Å². The molecule has 0 radical (unpaired) electrons. The molecule has 2 aliphatic rings. The first kappa shape index (κ1) is 19.4. The molecule has 0 atom stereocenters. The van der Waals surface area contributed by atoms with Crippen molar-refractivity contribution in [2.45, 2.75) is 38.6 Å². The SMILES string of the molecule is CC(C)N1CCN(C(=O)c2cnn(-c3nccc(-c4cccs4)n3)c2C2CC2)CC1. The Bertz CT molecular complexity index is 1030. The maximum Gasteiger partial charge on any atom is 0.257 e. The summed E-state index contributed by atoms with van der Waals surface area (Å²) in [4.78, 5) is 28.0. The molecule has 1 aliphatic heterocycles. The van der Waals surface area contributed by atoms with Gasteiger partial charge < -0.3 is 4.90 Å². The number of aromatic nitrogens is 4. The van der Waals surface area contributed by atoms with Crippen molar-refractivity contribution in [1.29, 1.82) is 0 Å². The van der Waals surface area contributed by atoms with Gasteiger partial charge in [-0.3, -0.25) is 9.69 Å². The van der Waals surface area contributed by atoms with Crippen LogP contribution in [0.2, 0.25) is 0 Å². The average molecular weight is 423 g/mol. The van der Waals surface area contributed by atoms with Crippen LogP contribution in [-0.4, -0.2) is 67.7 Å². The van der Waals surface area contributed by atoms with Gasteiger partial charge in [0.2, 0.25) is 0 Å². The van der Waals surface area contributed by atoms with Crippen molar-refractivity contribution >= 4 is 17.2 Å². The Balaban J connectivity index is 1.44. The second kappa shape index (κ2) is 7.92. The van der Waals surface area contributed by atoms with Gasteiger partial charge in [-0.2, -0.15) is 5.10 Å². The third-order valence-electron chi connectivity index (χ3n) is 5.94. The van der Waals surface area contributed by atoms with Crippen LogP contribution in [0.1, 0.15) is 48.7 Å². The van der Waals surface area contributed by atoms with Crippen LogP contribution in [0.15, 0.2) is 36.0 Å². The predicted molar refractivity (Wildman–Crippen MR) is 117 cm³/mol. The molecule has 156 valence electrons. The van der Waals surface area contributed by atoms with Gasteiger partial charge >= 0.3 is 0 Å². The summed E-state index contributed by atoms with van der Waals surface area (Å²) in [5, 5.41) is 6.60. The molecule has 7 nitrogen and oxygen atoms in total. The number of thiophene rings is 1. The van der Waals surface area contributed by atoms with Gasteiger partial charge in [-0.05, 0) is 44.2 Å². The number of nitrogens with zero attached hydrogens (tertiary/aromatic N) is 6. The Morgan fingerprint density at radius 1 is 1.17 bits per heavy atom. The van der Waals surface area contributed by atoms with E-state index in [0.717, 1.165) is 55.3 Å². The summed E-state index contributed by atoms with van der Waals surface area (Å²) in [7, 11) is 0. The zero-order chi connectivity index (χ0) is 20.7. The maximum atomic E-state index is 13.3. The highest BCUT2D eigenvalue weighted by atomic mass is 32.1. The summed E-state index contributed by atoms with van der Waals surface area (Å²) < 4.78 is 1.78. The molecule has 3 aromatic heterocycles. The summed E-state index contributed by atoms with van der Waals surface area (Å²) in [6.07, 6.45) is 5.64. The number of piperazine rings is 1. The third kappa shape index (κ3) is 3.65. The van der Waals surface area contributed by atoms with E-state index in [-0.39, 0.29) is 5.91 Å². The van der Waals surface area contributed by atoms with Crippen molar-refractivity contribution in [2.24, 2.45) is 0 Å². The summed E-state index contributed by atoms with van der Waals surface area (Å²) >= 11 is 1.65. The Morgan fingerprint density at radius 2 is 1.97 bits per heavy atom. The molecule has 3 aromatic rings. The minimum Gasteiger partial charge on any atom is -0.336 e. The lowest BCUT2D eigenvalue weighted by molar-refractivity contribution is 0.0594. The van der Waals surface area contributed by atoms with E-state index in [2.05, 4.69) is 28.8 Å². The number of rotatable bonds is 5. The number of hydrogen-bond acceptors (Lipinski definition) is 6. The fourth-order valence-corrected chi connectivity index (χ4v) is 4.75. The zero-order valence-electron chi connectivity index (χ0n) is 17.4. The second-order valence-electron chi connectivity index (χ2n) is 8.27. The molecule has 8 heteroatoms. The minimum absolute atomic E-state index is 0.0842. The van der Waals surface area contributed by atoms with Crippen LogP contribution in [-0.2, 0) is 0 Å². The number of amides is 1. The molecule has 1 amide bonds. The molecule has 0 N–H and O–H groups in total.